The summed E-state index contributed by atoms with van der Waals surface area (Å²) in [5.41, 5.74) is 0.672. The Morgan fingerprint density at radius 3 is 2.23 bits per heavy atom. The molecule has 3 rings (SSSR count). The molecule has 1 heterocycles. The molecular weight excluding hydrogens is 497 g/mol. The summed E-state index contributed by atoms with van der Waals surface area (Å²) in [6.45, 7) is 6.50. The van der Waals surface area contributed by atoms with Gasteiger partial charge in [-0.3, -0.25) is 4.90 Å². The number of sulfonamides is 1. The van der Waals surface area contributed by atoms with Crippen LogP contribution in [-0.2, 0) is 16.4 Å². The van der Waals surface area contributed by atoms with E-state index >= 15 is 0 Å². The molecule has 0 unspecified atom stereocenters. The van der Waals surface area contributed by atoms with Gasteiger partial charge in [0.05, 0.1) is 17.4 Å². The second-order valence-electron chi connectivity index (χ2n) is 7.36. The minimum atomic E-state index is -3.71. The lowest BCUT2D eigenvalue weighted by Crippen LogP contribution is -2.50. The molecule has 0 N–H and O–H groups in total. The maximum absolute atomic E-state index is 13.5. The molecule has 1 aliphatic rings. The van der Waals surface area contributed by atoms with E-state index < -0.39 is 10.0 Å². The number of rotatable bonds is 6. The number of halogens is 3. The minimum Gasteiger partial charge on any atom is -0.298 e. The van der Waals surface area contributed by atoms with Crippen LogP contribution in [0.25, 0.3) is 0 Å². The summed E-state index contributed by atoms with van der Waals surface area (Å²) >= 11 is 13.5. The lowest BCUT2D eigenvalue weighted by atomic mass is 10.2. The zero-order chi connectivity index (χ0) is 21.9. The third-order valence-corrected chi connectivity index (χ3v) is 8.53. The first-order valence-corrected chi connectivity index (χ1v) is 12.6. The van der Waals surface area contributed by atoms with Crippen molar-refractivity contribution in [2.75, 3.05) is 26.2 Å². The van der Waals surface area contributed by atoms with Crippen LogP contribution in [0.3, 0.4) is 0 Å². The highest BCUT2D eigenvalue weighted by Crippen LogP contribution is 2.37. The van der Waals surface area contributed by atoms with Crippen molar-refractivity contribution in [3.8, 4) is 6.07 Å². The lowest BCUT2D eigenvalue weighted by Gasteiger charge is -2.36. The van der Waals surface area contributed by atoms with Gasteiger partial charge in [-0.1, -0.05) is 41.0 Å². The number of nitriles is 1. The van der Waals surface area contributed by atoms with Gasteiger partial charge >= 0.3 is 0 Å². The largest absolute Gasteiger partial charge is 0.298 e. The third-order valence-electron chi connectivity index (χ3n) is 4.98. The van der Waals surface area contributed by atoms with Crippen molar-refractivity contribution in [2.45, 2.75) is 41.0 Å². The van der Waals surface area contributed by atoms with Gasteiger partial charge in [0, 0.05) is 52.1 Å². The number of nitrogens with zero attached hydrogens (tertiary/aromatic N) is 3. The fourth-order valence-electron chi connectivity index (χ4n) is 3.35. The fourth-order valence-corrected chi connectivity index (χ4v) is 6.92. The quantitative estimate of drug-likeness (QED) is 0.514. The summed E-state index contributed by atoms with van der Waals surface area (Å²) in [7, 11) is -3.71. The van der Waals surface area contributed by atoms with Crippen molar-refractivity contribution >= 4 is 57.4 Å². The summed E-state index contributed by atoms with van der Waals surface area (Å²) in [6.07, 6.45) is 0.150. The molecule has 31 heavy (non-hydrogen) atoms. The Hall–Kier alpha value is -0.980. The Labute approximate surface area is 204 Å². The Bertz CT molecular complexity index is 1040. The first-order valence-electron chi connectivity index (χ1n) is 9.58. The molecule has 0 radical (unpaired) electrons. The van der Waals surface area contributed by atoms with Crippen LogP contribution in [0.15, 0.2) is 51.1 Å². The molecule has 0 atom stereocenters. The van der Waals surface area contributed by atoms with E-state index in [9.17, 15) is 8.42 Å². The van der Waals surface area contributed by atoms with Crippen molar-refractivity contribution < 1.29 is 8.42 Å². The number of piperazine rings is 1. The summed E-state index contributed by atoms with van der Waals surface area (Å²) in [6, 6.07) is 12.8. The molecule has 0 aliphatic carbocycles. The molecule has 0 aromatic heterocycles. The van der Waals surface area contributed by atoms with E-state index in [4.69, 9.17) is 28.5 Å². The van der Waals surface area contributed by atoms with Crippen LogP contribution in [0.2, 0.25) is 10.0 Å². The topological polar surface area (TPSA) is 64.4 Å². The van der Waals surface area contributed by atoms with Crippen LogP contribution in [0.5, 0.6) is 0 Å². The van der Waals surface area contributed by atoms with Crippen LogP contribution in [0, 0.1) is 11.3 Å². The van der Waals surface area contributed by atoms with Gasteiger partial charge in [0.2, 0.25) is 10.0 Å². The monoisotopic (exact) mass is 519 g/mol. The zero-order valence-corrected chi connectivity index (χ0v) is 21.2. The molecule has 2 aromatic carbocycles. The van der Waals surface area contributed by atoms with E-state index in [1.54, 1.807) is 36.4 Å². The predicted octanol–water partition coefficient (Wildman–Crippen LogP) is 5.35. The first-order chi connectivity index (χ1) is 14.2. The van der Waals surface area contributed by atoms with E-state index in [0.717, 1.165) is 4.90 Å². The maximum atomic E-state index is 13.5. The summed E-state index contributed by atoms with van der Waals surface area (Å²) in [4.78, 5) is 3.82. The molecule has 0 amide bonds. The molecular formula is C21H24Cl3N3O2S2. The number of hydrogen-bond donors (Lipinski definition) is 0. The molecule has 2 aromatic rings. The smallest absolute Gasteiger partial charge is 0.244 e. The fraction of sp³-hybridized carbons (Fsp3) is 0.381. The molecule has 1 aliphatic heterocycles. The van der Waals surface area contributed by atoms with Gasteiger partial charge in [0.1, 0.15) is 0 Å². The van der Waals surface area contributed by atoms with Crippen molar-refractivity contribution in [2.24, 2.45) is 0 Å². The van der Waals surface area contributed by atoms with E-state index in [2.05, 4.69) is 24.8 Å². The SMILES string of the molecule is CC(C)N1CCN(S(=O)(=O)c2cc(CC#N)ccc2Sc2cc(Cl)cc(Cl)c2)CC1.Cl. The first kappa shape index (κ1) is 26.3. The molecule has 0 spiro atoms. The van der Waals surface area contributed by atoms with Crippen LogP contribution in [-0.4, -0.2) is 49.8 Å². The highest BCUT2D eigenvalue weighted by atomic mass is 35.5. The average molecular weight is 521 g/mol. The summed E-state index contributed by atoms with van der Waals surface area (Å²) < 4.78 is 28.6. The van der Waals surface area contributed by atoms with Gasteiger partial charge in [-0.05, 0) is 49.7 Å². The van der Waals surface area contributed by atoms with Gasteiger partial charge < -0.3 is 0 Å². The Morgan fingerprint density at radius 1 is 1.06 bits per heavy atom. The van der Waals surface area contributed by atoms with Crippen molar-refractivity contribution in [3.05, 3.63) is 52.0 Å². The normalized spacial score (nSPS) is 15.5. The van der Waals surface area contributed by atoms with Gasteiger partial charge in [-0.25, -0.2) is 8.42 Å². The van der Waals surface area contributed by atoms with Crippen LogP contribution >= 0.6 is 47.4 Å². The standard InChI is InChI=1S/C21H23Cl2N3O2S2.ClH/c1-15(2)25-7-9-26(10-8-25)30(27,28)21-11-16(5-6-24)3-4-20(21)29-19-13-17(22)12-18(23)14-19;/h3-4,11-15H,5,7-10H2,1-2H3;1H. The number of hydrogen-bond acceptors (Lipinski definition) is 5. The van der Waals surface area contributed by atoms with Crippen molar-refractivity contribution in [1.82, 2.24) is 9.21 Å². The minimum absolute atomic E-state index is 0. The van der Waals surface area contributed by atoms with E-state index in [0.29, 0.717) is 52.7 Å². The summed E-state index contributed by atoms with van der Waals surface area (Å²) in [5.74, 6) is 0. The van der Waals surface area contributed by atoms with Crippen molar-refractivity contribution in [1.29, 1.82) is 5.26 Å². The van der Waals surface area contributed by atoms with Gasteiger partial charge in [-0.2, -0.15) is 9.57 Å². The Morgan fingerprint density at radius 2 is 1.68 bits per heavy atom. The molecule has 168 valence electrons. The second kappa shape index (κ2) is 11.2. The van der Waals surface area contributed by atoms with Crippen LogP contribution in [0.1, 0.15) is 19.4 Å². The molecule has 10 heteroatoms. The second-order valence-corrected chi connectivity index (χ2v) is 11.3. The third kappa shape index (κ3) is 6.52. The number of benzene rings is 2. The van der Waals surface area contributed by atoms with E-state index in [1.807, 2.05) is 0 Å². The Kier molecular flexibility index (Phi) is 9.53. The summed E-state index contributed by atoms with van der Waals surface area (Å²) in [5, 5.41) is 10.0. The van der Waals surface area contributed by atoms with E-state index in [1.165, 1.54) is 16.1 Å². The zero-order valence-electron chi connectivity index (χ0n) is 17.2. The predicted molar refractivity (Wildman–Crippen MR) is 129 cm³/mol. The molecule has 1 saturated heterocycles. The van der Waals surface area contributed by atoms with Gasteiger partial charge in [0.15, 0.2) is 0 Å². The highest BCUT2D eigenvalue weighted by molar-refractivity contribution is 8.00. The molecule has 1 fully saturated rings. The average Bonchev–Trinajstić information content (AvgIpc) is 2.68. The van der Waals surface area contributed by atoms with Crippen molar-refractivity contribution in [3.63, 3.8) is 0 Å². The Balaban J connectivity index is 0.00000341. The maximum Gasteiger partial charge on any atom is 0.244 e. The highest BCUT2D eigenvalue weighted by Gasteiger charge is 2.31. The van der Waals surface area contributed by atoms with Gasteiger partial charge in [-0.15, -0.1) is 12.4 Å². The lowest BCUT2D eigenvalue weighted by molar-refractivity contribution is 0.154. The molecule has 0 saturated carbocycles. The van der Waals surface area contributed by atoms with Crippen LogP contribution in [0.4, 0.5) is 0 Å². The van der Waals surface area contributed by atoms with Gasteiger partial charge in [0.25, 0.3) is 0 Å². The molecule has 5 nitrogen and oxygen atoms in total. The molecule has 0 bridgehead atoms. The van der Waals surface area contributed by atoms with E-state index in [-0.39, 0.29) is 23.7 Å². The van der Waals surface area contributed by atoms with Crippen LogP contribution < -0.4 is 0 Å².